The van der Waals surface area contributed by atoms with Gasteiger partial charge in [0.15, 0.2) is 5.66 Å². The van der Waals surface area contributed by atoms with E-state index in [9.17, 15) is 18.4 Å². The second kappa shape index (κ2) is 12.9. The van der Waals surface area contributed by atoms with Crippen molar-refractivity contribution >= 4 is 11.8 Å². The molecule has 1 aliphatic heterocycles. The maximum atomic E-state index is 13.5. The number of aromatic nitrogens is 2. The molecule has 0 saturated carbocycles. The molecular weight excluding hydrogens is 454 g/mol. The Kier molecular flexibility index (Phi) is 10.3. The summed E-state index contributed by atoms with van der Waals surface area (Å²) < 4.78 is 27.1. The van der Waals surface area contributed by atoms with E-state index in [1.54, 1.807) is 25.2 Å². The molecule has 1 N–H and O–H groups in total. The molecule has 0 saturated heterocycles. The molecule has 2 atom stereocenters. The summed E-state index contributed by atoms with van der Waals surface area (Å²) in [5.74, 6) is 1.76. The monoisotopic (exact) mass is 488 g/mol. The third-order valence-electron chi connectivity index (χ3n) is 5.80. The zero-order valence-electron chi connectivity index (χ0n) is 20.7. The van der Waals surface area contributed by atoms with Crippen molar-refractivity contribution in [2.75, 3.05) is 6.54 Å². The van der Waals surface area contributed by atoms with E-state index in [2.05, 4.69) is 26.6 Å². The van der Waals surface area contributed by atoms with Crippen LogP contribution in [0, 0.1) is 19.3 Å². The first-order valence-corrected chi connectivity index (χ1v) is 11.8. The SMILES string of the molecule is C#CCCC1(CCN(C(=O)/C=C/C=C/C)C(C(=O)NC(C)CC)c2cn(CC(F)F)nc2C)N=N1. The number of amides is 2. The molecule has 10 heteroatoms. The molecule has 1 aromatic heterocycles. The fourth-order valence-electron chi connectivity index (χ4n) is 3.59. The minimum absolute atomic E-state index is 0.146. The highest BCUT2D eigenvalue weighted by molar-refractivity contribution is 5.94. The van der Waals surface area contributed by atoms with Gasteiger partial charge >= 0.3 is 0 Å². The van der Waals surface area contributed by atoms with Crippen LogP contribution in [0.1, 0.15) is 63.8 Å². The summed E-state index contributed by atoms with van der Waals surface area (Å²) in [6, 6.07) is -1.21. The molecule has 190 valence electrons. The standard InChI is InChI=1S/C25H34F2N6O2/c1-6-9-11-12-22(34)33(15-14-25(30-31-25)13-10-7-2)23(24(35)28-18(4)8-3)20-16-32(17-21(26)27)29-19(20)5/h2,6,9,11-12,16,18,21,23H,8,10,13-15,17H2,1,3-5H3,(H,28,35)/b9-6+,12-11+. The Hall–Kier alpha value is -3.35. The summed E-state index contributed by atoms with van der Waals surface area (Å²) in [4.78, 5) is 28.2. The number of terminal acetylenes is 1. The van der Waals surface area contributed by atoms with Crippen molar-refractivity contribution < 1.29 is 18.4 Å². The van der Waals surface area contributed by atoms with Gasteiger partial charge in [0.1, 0.15) is 12.6 Å². The van der Waals surface area contributed by atoms with Gasteiger partial charge in [-0.1, -0.05) is 25.2 Å². The average molecular weight is 489 g/mol. The molecular formula is C25H34F2N6O2. The third-order valence-corrected chi connectivity index (χ3v) is 5.80. The van der Waals surface area contributed by atoms with Crippen LogP contribution >= 0.6 is 0 Å². The number of aryl methyl sites for hydroxylation is 1. The third kappa shape index (κ3) is 8.12. The number of alkyl halides is 2. The van der Waals surface area contributed by atoms with Gasteiger partial charge in [-0.15, -0.1) is 12.3 Å². The van der Waals surface area contributed by atoms with E-state index in [0.29, 0.717) is 36.9 Å². The second-order valence-corrected chi connectivity index (χ2v) is 8.56. The van der Waals surface area contributed by atoms with Gasteiger partial charge in [-0.05, 0) is 27.2 Å². The topological polar surface area (TPSA) is 92.0 Å². The maximum Gasteiger partial charge on any atom is 0.257 e. The molecule has 2 rings (SSSR count). The zero-order valence-corrected chi connectivity index (χ0v) is 20.7. The lowest BCUT2D eigenvalue weighted by molar-refractivity contribution is -0.138. The first-order valence-electron chi connectivity index (χ1n) is 11.8. The molecule has 0 spiro atoms. The van der Waals surface area contributed by atoms with E-state index >= 15 is 0 Å². The summed E-state index contributed by atoms with van der Waals surface area (Å²) in [6.07, 6.45) is 12.7. The van der Waals surface area contributed by atoms with E-state index < -0.39 is 36.5 Å². The number of carbonyl (C=O) groups excluding carboxylic acids is 2. The minimum atomic E-state index is -2.61. The number of allylic oxidation sites excluding steroid dienone is 3. The number of nitrogens with one attached hydrogen (secondary N) is 1. The predicted molar refractivity (Wildman–Crippen MR) is 130 cm³/mol. The van der Waals surface area contributed by atoms with Crippen molar-refractivity contribution in [2.24, 2.45) is 10.2 Å². The lowest BCUT2D eigenvalue weighted by Gasteiger charge is -2.31. The number of rotatable bonds is 14. The fraction of sp³-hybridized carbons (Fsp3) is 0.560. The van der Waals surface area contributed by atoms with Crippen LogP contribution in [0.5, 0.6) is 0 Å². The second-order valence-electron chi connectivity index (χ2n) is 8.56. The Morgan fingerprint density at radius 3 is 2.60 bits per heavy atom. The van der Waals surface area contributed by atoms with E-state index in [4.69, 9.17) is 6.42 Å². The highest BCUT2D eigenvalue weighted by atomic mass is 19.3. The number of carbonyl (C=O) groups is 2. The smallest absolute Gasteiger partial charge is 0.257 e. The summed E-state index contributed by atoms with van der Waals surface area (Å²) in [6.45, 7) is 6.80. The van der Waals surface area contributed by atoms with Gasteiger partial charge in [0, 0.05) is 49.7 Å². The molecule has 0 fully saturated rings. The summed E-state index contributed by atoms with van der Waals surface area (Å²) >= 11 is 0. The molecule has 0 radical (unpaired) electrons. The first-order chi connectivity index (χ1) is 16.7. The average Bonchev–Trinajstić information content (AvgIpc) is 3.49. The van der Waals surface area contributed by atoms with Crippen molar-refractivity contribution in [1.29, 1.82) is 0 Å². The Balaban J connectivity index is 2.46. The molecule has 2 amide bonds. The largest absolute Gasteiger partial charge is 0.352 e. The van der Waals surface area contributed by atoms with Crippen LogP contribution in [0.15, 0.2) is 40.7 Å². The van der Waals surface area contributed by atoms with Crippen molar-refractivity contribution in [3.05, 3.63) is 41.8 Å². The lowest BCUT2D eigenvalue weighted by atomic mass is 10.0. The molecule has 1 aromatic rings. The van der Waals surface area contributed by atoms with Gasteiger partial charge in [0.05, 0.1) is 5.69 Å². The van der Waals surface area contributed by atoms with Gasteiger partial charge in [-0.3, -0.25) is 14.3 Å². The maximum absolute atomic E-state index is 13.5. The quantitative estimate of drug-likeness (QED) is 0.240. The minimum Gasteiger partial charge on any atom is -0.352 e. The summed E-state index contributed by atoms with van der Waals surface area (Å²) in [5.41, 5.74) is 0.125. The number of halogens is 2. The Morgan fingerprint density at radius 2 is 2.03 bits per heavy atom. The van der Waals surface area contributed by atoms with Crippen LogP contribution in [0.4, 0.5) is 8.78 Å². The molecule has 35 heavy (non-hydrogen) atoms. The van der Waals surface area contributed by atoms with Crippen LogP contribution in [0.25, 0.3) is 0 Å². The van der Waals surface area contributed by atoms with Gasteiger partial charge in [-0.2, -0.15) is 15.3 Å². The molecule has 0 aliphatic carbocycles. The van der Waals surface area contributed by atoms with E-state index in [-0.39, 0.29) is 12.6 Å². The normalized spacial score (nSPS) is 15.9. The van der Waals surface area contributed by atoms with Crippen LogP contribution in [0.2, 0.25) is 0 Å². The van der Waals surface area contributed by atoms with E-state index in [1.165, 1.54) is 17.2 Å². The van der Waals surface area contributed by atoms with Gasteiger partial charge in [-0.25, -0.2) is 8.78 Å². The predicted octanol–water partition coefficient (Wildman–Crippen LogP) is 4.34. The lowest BCUT2D eigenvalue weighted by Crippen LogP contribution is -2.46. The van der Waals surface area contributed by atoms with E-state index in [0.717, 1.165) is 4.68 Å². The first kappa shape index (κ1) is 27.9. The molecule has 2 unspecified atom stereocenters. The van der Waals surface area contributed by atoms with Crippen LogP contribution in [-0.4, -0.2) is 51.2 Å². The number of nitrogens with zero attached hydrogens (tertiary/aromatic N) is 5. The van der Waals surface area contributed by atoms with E-state index in [1.807, 2.05) is 20.8 Å². The summed E-state index contributed by atoms with van der Waals surface area (Å²) in [7, 11) is 0. The van der Waals surface area contributed by atoms with Crippen LogP contribution < -0.4 is 5.32 Å². The van der Waals surface area contributed by atoms with Gasteiger partial charge < -0.3 is 10.2 Å². The molecule has 0 bridgehead atoms. The van der Waals surface area contributed by atoms with Crippen LogP contribution in [-0.2, 0) is 16.1 Å². The Labute approximate surface area is 205 Å². The molecule has 1 aliphatic rings. The molecule has 8 nitrogen and oxygen atoms in total. The van der Waals surface area contributed by atoms with Gasteiger partial charge in [0.2, 0.25) is 11.8 Å². The number of hydrogen-bond acceptors (Lipinski definition) is 5. The summed E-state index contributed by atoms with van der Waals surface area (Å²) in [5, 5.41) is 15.4. The fourth-order valence-corrected chi connectivity index (χ4v) is 3.59. The van der Waals surface area contributed by atoms with Crippen molar-refractivity contribution in [1.82, 2.24) is 20.0 Å². The van der Waals surface area contributed by atoms with Gasteiger partial charge in [0.25, 0.3) is 6.43 Å². The highest BCUT2D eigenvalue weighted by Gasteiger charge is 2.41. The molecule has 2 heterocycles. The molecule has 0 aromatic carbocycles. The van der Waals surface area contributed by atoms with Crippen molar-refractivity contribution in [3.63, 3.8) is 0 Å². The number of hydrogen-bond donors (Lipinski definition) is 1. The van der Waals surface area contributed by atoms with Crippen molar-refractivity contribution in [3.8, 4) is 12.3 Å². The van der Waals surface area contributed by atoms with Crippen LogP contribution in [0.3, 0.4) is 0 Å². The van der Waals surface area contributed by atoms with Crippen molar-refractivity contribution in [2.45, 2.75) is 84.1 Å². The zero-order chi connectivity index (χ0) is 26.0. The Bertz CT molecular complexity index is 1000. The highest BCUT2D eigenvalue weighted by Crippen LogP contribution is 2.37. The Morgan fingerprint density at radius 1 is 1.31 bits per heavy atom.